The molecular formula is C23H21N5O. The van der Waals surface area contributed by atoms with Gasteiger partial charge in [0, 0.05) is 30.9 Å². The van der Waals surface area contributed by atoms with E-state index < -0.39 is 0 Å². The Labute approximate surface area is 169 Å². The van der Waals surface area contributed by atoms with Crippen LogP contribution in [0.15, 0.2) is 84.9 Å². The van der Waals surface area contributed by atoms with Crippen molar-refractivity contribution < 1.29 is 4.79 Å². The molecule has 0 aliphatic rings. The van der Waals surface area contributed by atoms with Gasteiger partial charge in [-0.1, -0.05) is 48.5 Å². The number of hydrogen-bond donors (Lipinski definition) is 1. The quantitative estimate of drug-likeness (QED) is 0.560. The number of rotatable bonds is 5. The normalized spacial score (nSPS) is 10.6. The molecule has 0 bridgehead atoms. The molecule has 6 nitrogen and oxygen atoms in total. The third kappa shape index (κ3) is 4.01. The van der Waals surface area contributed by atoms with Gasteiger partial charge in [-0.2, -0.15) is 4.98 Å². The van der Waals surface area contributed by atoms with Crippen LogP contribution in [0.1, 0.15) is 10.4 Å². The Kier molecular flexibility index (Phi) is 5.07. The Bertz CT molecular complexity index is 1100. The summed E-state index contributed by atoms with van der Waals surface area (Å²) >= 11 is 0. The summed E-state index contributed by atoms with van der Waals surface area (Å²) in [4.78, 5) is 19.1. The van der Waals surface area contributed by atoms with Gasteiger partial charge in [-0.25, -0.2) is 4.68 Å². The highest BCUT2D eigenvalue weighted by molar-refractivity contribution is 6.03. The molecule has 0 saturated heterocycles. The van der Waals surface area contributed by atoms with Gasteiger partial charge < -0.3 is 4.90 Å². The van der Waals surface area contributed by atoms with E-state index in [2.05, 4.69) is 15.4 Å². The molecule has 4 aromatic rings. The Hall–Kier alpha value is -3.93. The molecule has 0 atom stereocenters. The zero-order valence-corrected chi connectivity index (χ0v) is 16.3. The SMILES string of the molecule is CN(C)c1ccc(-n2nc(NC(=O)c3ccccc3)nc2-c2ccccc2)cc1. The van der Waals surface area contributed by atoms with E-state index in [4.69, 9.17) is 0 Å². The van der Waals surface area contributed by atoms with Crippen LogP contribution < -0.4 is 10.2 Å². The predicted molar refractivity (Wildman–Crippen MR) is 116 cm³/mol. The molecule has 0 unspecified atom stereocenters. The van der Waals surface area contributed by atoms with E-state index in [1.807, 2.05) is 91.8 Å². The first-order chi connectivity index (χ1) is 14.1. The molecule has 0 aliphatic heterocycles. The molecule has 29 heavy (non-hydrogen) atoms. The lowest BCUT2D eigenvalue weighted by molar-refractivity contribution is 0.102. The van der Waals surface area contributed by atoms with Gasteiger partial charge in [0.15, 0.2) is 5.82 Å². The second kappa shape index (κ2) is 7.98. The number of hydrogen-bond acceptors (Lipinski definition) is 4. The number of carbonyl (C=O) groups is 1. The van der Waals surface area contributed by atoms with E-state index in [1.165, 1.54) is 0 Å². The van der Waals surface area contributed by atoms with Gasteiger partial charge in [0.25, 0.3) is 5.91 Å². The molecule has 1 amide bonds. The van der Waals surface area contributed by atoms with Crippen LogP contribution >= 0.6 is 0 Å². The second-order valence-corrected chi connectivity index (χ2v) is 6.77. The highest BCUT2D eigenvalue weighted by atomic mass is 16.1. The molecule has 0 radical (unpaired) electrons. The molecule has 3 aromatic carbocycles. The van der Waals surface area contributed by atoms with Crippen LogP contribution in [0.4, 0.5) is 11.6 Å². The molecule has 0 saturated carbocycles. The summed E-state index contributed by atoms with van der Waals surface area (Å²) in [6, 6.07) is 26.8. The number of benzene rings is 3. The lowest BCUT2D eigenvalue weighted by Gasteiger charge is -2.13. The Morgan fingerprint density at radius 2 is 1.48 bits per heavy atom. The van der Waals surface area contributed by atoms with E-state index in [-0.39, 0.29) is 11.9 Å². The minimum absolute atomic E-state index is 0.245. The van der Waals surface area contributed by atoms with Crippen molar-refractivity contribution in [2.24, 2.45) is 0 Å². The lowest BCUT2D eigenvalue weighted by atomic mass is 10.2. The first kappa shape index (κ1) is 18.4. The maximum absolute atomic E-state index is 12.5. The largest absolute Gasteiger partial charge is 0.378 e. The van der Waals surface area contributed by atoms with Crippen molar-refractivity contribution in [2.75, 3.05) is 24.3 Å². The van der Waals surface area contributed by atoms with Gasteiger partial charge in [-0.3, -0.25) is 10.1 Å². The Balaban J connectivity index is 1.72. The zero-order valence-electron chi connectivity index (χ0n) is 16.3. The molecule has 1 N–H and O–H groups in total. The van der Waals surface area contributed by atoms with Crippen molar-refractivity contribution in [2.45, 2.75) is 0 Å². The van der Waals surface area contributed by atoms with E-state index in [9.17, 15) is 4.79 Å². The first-order valence-electron chi connectivity index (χ1n) is 9.28. The first-order valence-corrected chi connectivity index (χ1v) is 9.28. The van der Waals surface area contributed by atoms with Crippen molar-refractivity contribution in [3.63, 3.8) is 0 Å². The highest BCUT2D eigenvalue weighted by Crippen LogP contribution is 2.24. The van der Waals surface area contributed by atoms with Crippen molar-refractivity contribution in [1.82, 2.24) is 14.8 Å². The number of anilines is 2. The fourth-order valence-corrected chi connectivity index (χ4v) is 2.97. The van der Waals surface area contributed by atoms with Crippen LogP contribution in [0, 0.1) is 0 Å². The summed E-state index contributed by atoms with van der Waals surface area (Å²) < 4.78 is 1.75. The van der Waals surface area contributed by atoms with Crippen LogP contribution in [0.5, 0.6) is 0 Å². The minimum Gasteiger partial charge on any atom is -0.378 e. The Morgan fingerprint density at radius 1 is 0.862 bits per heavy atom. The molecule has 1 heterocycles. The van der Waals surface area contributed by atoms with E-state index in [0.29, 0.717) is 11.4 Å². The van der Waals surface area contributed by atoms with Gasteiger partial charge in [0.1, 0.15) is 0 Å². The van der Waals surface area contributed by atoms with Crippen molar-refractivity contribution >= 4 is 17.5 Å². The van der Waals surface area contributed by atoms with E-state index in [1.54, 1.807) is 16.8 Å². The number of nitrogens with one attached hydrogen (secondary N) is 1. The summed E-state index contributed by atoms with van der Waals surface area (Å²) in [6.45, 7) is 0. The summed E-state index contributed by atoms with van der Waals surface area (Å²) in [5.74, 6) is 0.672. The molecular weight excluding hydrogens is 362 g/mol. The minimum atomic E-state index is -0.245. The van der Waals surface area contributed by atoms with Gasteiger partial charge in [0.2, 0.25) is 5.95 Å². The average Bonchev–Trinajstić information content (AvgIpc) is 3.19. The topological polar surface area (TPSA) is 63.1 Å². The number of nitrogens with zero attached hydrogens (tertiary/aromatic N) is 4. The van der Waals surface area contributed by atoms with Crippen molar-refractivity contribution in [1.29, 1.82) is 0 Å². The van der Waals surface area contributed by atoms with Crippen molar-refractivity contribution in [3.8, 4) is 17.1 Å². The van der Waals surface area contributed by atoms with Crippen molar-refractivity contribution in [3.05, 3.63) is 90.5 Å². The summed E-state index contributed by atoms with van der Waals surface area (Å²) in [6.07, 6.45) is 0. The third-order valence-corrected chi connectivity index (χ3v) is 4.51. The maximum atomic E-state index is 12.5. The van der Waals surface area contributed by atoms with Gasteiger partial charge in [0.05, 0.1) is 5.69 Å². The van der Waals surface area contributed by atoms with E-state index >= 15 is 0 Å². The van der Waals surface area contributed by atoms with Crippen LogP contribution in [-0.2, 0) is 0 Å². The van der Waals surface area contributed by atoms with Gasteiger partial charge >= 0.3 is 0 Å². The molecule has 144 valence electrons. The van der Waals surface area contributed by atoms with Gasteiger partial charge in [-0.05, 0) is 36.4 Å². The molecule has 0 spiro atoms. The molecule has 0 fully saturated rings. The number of carbonyl (C=O) groups excluding carboxylic acids is 1. The summed E-state index contributed by atoms with van der Waals surface area (Å²) in [5, 5.41) is 7.35. The zero-order chi connectivity index (χ0) is 20.2. The number of amides is 1. The lowest BCUT2D eigenvalue weighted by Crippen LogP contribution is -2.13. The summed E-state index contributed by atoms with van der Waals surface area (Å²) in [5.41, 5.74) is 3.42. The van der Waals surface area contributed by atoms with E-state index in [0.717, 1.165) is 16.9 Å². The maximum Gasteiger partial charge on any atom is 0.258 e. The standard InChI is InChI=1S/C23H21N5O/c1-27(2)19-13-15-20(16-14-19)28-21(17-9-5-3-6-10-17)24-23(26-28)25-22(29)18-11-7-4-8-12-18/h3-16H,1-2H3,(H,25,26,29). The van der Waals surface area contributed by atoms with Crippen LogP contribution in [0.2, 0.25) is 0 Å². The monoisotopic (exact) mass is 383 g/mol. The fraction of sp³-hybridized carbons (Fsp3) is 0.0870. The molecule has 4 rings (SSSR count). The van der Waals surface area contributed by atoms with Crippen LogP contribution in [0.25, 0.3) is 17.1 Å². The van der Waals surface area contributed by atoms with Crippen LogP contribution in [-0.4, -0.2) is 34.8 Å². The summed E-state index contributed by atoms with van der Waals surface area (Å²) in [7, 11) is 3.99. The predicted octanol–water partition coefficient (Wildman–Crippen LogP) is 4.25. The molecule has 0 aliphatic carbocycles. The van der Waals surface area contributed by atoms with Crippen LogP contribution in [0.3, 0.4) is 0 Å². The Morgan fingerprint density at radius 3 is 2.10 bits per heavy atom. The smallest absolute Gasteiger partial charge is 0.258 e. The number of aromatic nitrogens is 3. The highest BCUT2D eigenvalue weighted by Gasteiger charge is 2.16. The third-order valence-electron chi connectivity index (χ3n) is 4.51. The molecule has 1 aromatic heterocycles. The average molecular weight is 383 g/mol. The van der Waals surface area contributed by atoms with Gasteiger partial charge in [-0.15, -0.1) is 5.10 Å². The molecule has 6 heteroatoms. The fourth-order valence-electron chi connectivity index (χ4n) is 2.97. The second-order valence-electron chi connectivity index (χ2n) is 6.77.